The first-order valence-corrected chi connectivity index (χ1v) is 9.56. The molecule has 1 aromatic heterocycles. The third-order valence-electron chi connectivity index (χ3n) is 4.58. The Labute approximate surface area is 156 Å². The van der Waals surface area contributed by atoms with Gasteiger partial charge in [0.2, 0.25) is 11.8 Å². The van der Waals surface area contributed by atoms with Crippen LogP contribution in [-0.2, 0) is 17.8 Å². The lowest BCUT2D eigenvalue weighted by Gasteiger charge is -2.28. The van der Waals surface area contributed by atoms with Crippen molar-refractivity contribution in [3.05, 3.63) is 65.2 Å². The van der Waals surface area contributed by atoms with Gasteiger partial charge in [0.15, 0.2) is 0 Å². The number of carbonyl (C=O) groups excluding carboxylic acids is 1. The maximum atomic E-state index is 12.5. The van der Waals surface area contributed by atoms with Crippen molar-refractivity contribution in [2.45, 2.75) is 25.1 Å². The SMILES string of the molecule is Cc1ccccc1-c1nnc(SCC(=O)N2CCc3ccccc3C2)o1. The van der Waals surface area contributed by atoms with Crippen LogP contribution in [0.1, 0.15) is 16.7 Å². The molecule has 132 valence electrons. The standard InChI is InChI=1S/C20H19N3O2S/c1-14-6-2-5-9-17(14)19-21-22-20(25-19)26-13-18(24)23-11-10-15-7-3-4-8-16(15)12-23/h2-9H,10-13H2,1H3. The van der Waals surface area contributed by atoms with E-state index in [2.05, 4.69) is 22.3 Å². The summed E-state index contributed by atoms with van der Waals surface area (Å²) < 4.78 is 5.71. The Balaban J connectivity index is 1.38. The summed E-state index contributed by atoms with van der Waals surface area (Å²) in [6.07, 6.45) is 0.907. The number of aromatic nitrogens is 2. The van der Waals surface area contributed by atoms with E-state index in [4.69, 9.17) is 4.42 Å². The molecule has 0 spiro atoms. The second-order valence-electron chi connectivity index (χ2n) is 6.31. The van der Waals surface area contributed by atoms with Crippen LogP contribution in [0.4, 0.5) is 0 Å². The van der Waals surface area contributed by atoms with Crippen LogP contribution < -0.4 is 0 Å². The van der Waals surface area contributed by atoms with Crippen LogP contribution in [0.25, 0.3) is 11.5 Å². The molecule has 1 aliphatic heterocycles. The van der Waals surface area contributed by atoms with Crippen LogP contribution in [0.3, 0.4) is 0 Å². The molecule has 1 aliphatic rings. The summed E-state index contributed by atoms with van der Waals surface area (Å²) in [7, 11) is 0. The van der Waals surface area contributed by atoms with Crippen molar-refractivity contribution in [3.63, 3.8) is 0 Å². The molecule has 0 saturated carbocycles. The van der Waals surface area contributed by atoms with Crippen LogP contribution in [-0.4, -0.2) is 33.3 Å². The Bertz CT molecular complexity index is 938. The molecule has 0 saturated heterocycles. The number of hydrogen-bond acceptors (Lipinski definition) is 5. The number of carbonyl (C=O) groups is 1. The number of amides is 1. The van der Waals surface area contributed by atoms with Crippen LogP contribution in [0.2, 0.25) is 0 Å². The molecule has 0 fully saturated rings. The van der Waals surface area contributed by atoms with Crippen LogP contribution in [0.15, 0.2) is 58.2 Å². The first-order valence-electron chi connectivity index (χ1n) is 8.57. The van der Waals surface area contributed by atoms with E-state index in [-0.39, 0.29) is 5.91 Å². The van der Waals surface area contributed by atoms with Gasteiger partial charge in [0.1, 0.15) is 0 Å². The van der Waals surface area contributed by atoms with Crippen LogP contribution >= 0.6 is 11.8 Å². The smallest absolute Gasteiger partial charge is 0.277 e. The van der Waals surface area contributed by atoms with Gasteiger partial charge in [0.05, 0.1) is 5.75 Å². The molecule has 5 nitrogen and oxygen atoms in total. The maximum Gasteiger partial charge on any atom is 0.277 e. The molecule has 0 aliphatic carbocycles. The minimum absolute atomic E-state index is 0.0974. The quantitative estimate of drug-likeness (QED) is 0.660. The van der Waals surface area contributed by atoms with Crippen molar-refractivity contribution in [3.8, 4) is 11.5 Å². The predicted molar refractivity (Wildman–Crippen MR) is 101 cm³/mol. The highest BCUT2D eigenvalue weighted by Gasteiger charge is 2.21. The number of hydrogen-bond donors (Lipinski definition) is 0. The largest absolute Gasteiger partial charge is 0.411 e. The highest BCUT2D eigenvalue weighted by molar-refractivity contribution is 7.99. The lowest BCUT2D eigenvalue weighted by atomic mass is 10.00. The summed E-state index contributed by atoms with van der Waals surface area (Å²) in [6, 6.07) is 16.2. The number of thioether (sulfide) groups is 1. The summed E-state index contributed by atoms with van der Waals surface area (Å²) in [5.74, 6) is 0.891. The van der Waals surface area contributed by atoms with E-state index >= 15 is 0 Å². The van der Waals surface area contributed by atoms with Crippen molar-refractivity contribution in [2.75, 3.05) is 12.3 Å². The first-order chi connectivity index (χ1) is 12.7. The van der Waals surface area contributed by atoms with E-state index in [1.54, 1.807) is 0 Å². The van der Waals surface area contributed by atoms with Gasteiger partial charge in [-0.3, -0.25) is 4.79 Å². The van der Waals surface area contributed by atoms with Gasteiger partial charge in [-0.1, -0.05) is 54.2 Å². The fraction of sp³-hybridized carbons (Fsp3) is 0.250. The Morgan fingerprint density at radius 1 is 1.12 bits per heavy atom. The third-order valence-corrected chi connectivity index (χ3v) is 5.39. The average molecular weight is 365 g/mol. The Kier molecular flexibility index (Phi) is 4.75. The molecule has 0 atom stereocenters. The predicted octanol–water partition coefficient (Wildman–Crippen LogP) is 3.72. The zero-order valence-electron chi connectivity index (χ0n) is 14.5. The van der Waals surface area contributed by atoms with E-state index < -0.39 is 0 Å². The lowest BCUT2D eigenvalue weighted by molar-refractivity contribution is -0.129. The molecule has 0 bridgehead atoms. The molecule has 3 aromatic rings. The van der Waals surface area contributed by atoms with Crippen molar-refractivity contribution < 1.29 is 9.21 Å². The normalized spacial score (nSPS) is 13.5. The number of aryl methyl sites for hydroxylation is 1. The van der Waals surface area contributed by atoms with Crippen molar-refractivity contribution in [1.82, 2.24) is 15.1 Å². The van der Waals surface area contributed by atoms with E-state index in [9.17, 15) is 4.79 Å². The average Bonchev–Trinajstić information content (AvgIpc) is 3.15. The monoisotopic (exact) mass is 365 g/mol. The van der Waals surface area contributed by atoms with Crippen molar-refractivity contribution >= 4 is 17.7 Å². The topological polar surface area (TPSA) is 59.2 Å². The first kappa shape index (κ1) is 16.8. The molecule has 0 unspecified atom stereocenters. The highest BCUT2D eigenvalue weighted by atomic mass is 32.2. The Morgan fingerprint density at radius 2 is 1.88 bits per heavy atom. The van der Waals surface area contributed by atoms with Crippen molar-refractivity contribution in [1.29, 1.82) is 0 Å². The van der Waals surface area contributed by atoms with E-state index in [0.29, 0.717) is 23.4 Å². The molecule has 0 radical (unpaired) electrons. The fourth-order valence-corrected chi connectivity index (χ4v) is 3.78. The molecule has 2 heterocycles. The van der Waals surface area contributed by atoms with E-state index in [1.807, 2.05) is 48.2 Å². The summed E-state index contributed by atoms with van der Waals surface area (Å²) in [5.41, 5.74) is 4.57. The molecular formula is C20H19N3O2S. The summed E-state index contributed by atoms with van der Waals surface area (Å²) >= 11 is 1.29. The van der Waals surface area contributed by atoms with Gasteiger partial charge < -0.3 is 9.32 Å². The van der Waals surface area contributed by atoms with Gasteiger partial charge >= 0.3 is 0 Å². The third kappa shape index (κ3) is 3.51. The van der Waals surface area contributed by atoms with Crippen LogP contribution in [0, 0.1) is 6.92 Å². The number of nitrogens with zero attached hydrogens (tertiary/aromatic N) is 3. The van der Waals surface area contributed by atoms with Gasteiger partial charge in [-0.25, -0.2) is 0 Å². The molecule has 2 aromatic carbocycles. The van der Waals surface area contributed by atoms with Crippen LogP contribution in [0.5, 0.6) is 0 Å². The second kappa shape index (κ2) is 7.33. The minimum Gasteiger partial charge on any atom is -0.411 e. The summed E-state index contributed by atoms with van der Waals surface area (Å²) in [4.78, 5) is 14.4. The van der Waals surface area contributed by atoms with E-state index in [0.717, 1.165) is 24.1 Å². The van der Waals surface area contributed by atoms with Gasteiger partial charge in [-0.15, -0.1) is 10.2 Å². The number of benzene rings is 2. The molecule has 26 heavy (non-hydrogen) atoms. The molecule has 1 amide bonds. The highest BCUT2D eigenvalue weighted by Crippen LogP contribution is 2.26. The minimum atomic E-state index is 0.0974. The summed E-state index contributed by atoms with van der Waals surface area (Å²) in [5, 5.41) is 8.59. The lowest BCUT2D eigenvalue weighted by Crippen LogP contribution is -2.37. The zero-order chi connectivity index (χ0) is 17.9. The van der Waals surface area contributed by atoms with Gasteiger partial charge in [0.25, 0.3) is 5.22 Å². The maximum absolute atomic E-state index is 12.5. The van der Waals surface area contributed by atoms with Gasteiger partial charge in [-0.2, -0.15) is 0 Å². The van der Waals surface area contributed by atoms with Gasteiger partial charge in [0, 0.05) is 18.7 Å². The second-order valence-corrected chi connectivity index (χ2v) is 7.24. The van der Waals surface area contributed by atoms with E-state index in [1.165, 1.54) is 22.9 Å². The Morgan fingerprint density at radius 3 is 2.73 bits per heavy atom. The molecule has 6 heteroatoms. The molecular weight excluding hydrogens is 346 g/mol. The zero-order valence-corrected chi connectivity index (χ0v) is 15.3. The van der Waals surface area contributed by atoms with Gasteiger partial charge in [-0.05, 0) is 36.1 Å². The summed E-state index contributed by atoms with van der Waals surface area (Å²) in [6.45, 7) is 3.44. The Hall–Kier alpha value is -2.60. The van der Waals surface area contributed by atoms with Crippen molar-refractivity contribution in [2.24, 2.45) is 0 Å². The molecule has 0 N–H and O–H groups in total. The number of fused-ring (bicyclic) bond motifs is 1. The number of rotatable bonds is 4. The molecule has 4 rings (SSSR count). The fourth-order valence-electron chi connectivity index (χ4n) is 3.11.